The van der Waals surface area contributed by atoms with E-state index >= 15 is 0 Å². The van der Waals surface area contributed by atoms with Gasteiger partial charge in [0.1, 0.15) is 0 Å². The number of hydrogen-bond donors (Lipinski definition) is 0. The predicted molar refractivity (Wildman–Crippen MR) is 123 cm³/mol. The molecule has 5 rings (SSSR count). The van der Waals surface area contributed by atoms with Crippen LogP contribution in [0.4, 0.5) is 0 Å². The third-order valence-corrected chi connectivity index (χ3v) is 6.21. The van der Waals surface area contributed by atoms with Gasteiger partial charge in [0.25, 0.3) is 0 Å². The number of aryl methyl sites for hydroxylation is 2. The molecule has 0 aliphatic heterocycles. The predicted octanol–water partition coefficient (Wildman–Crippen LogP) is 6.36. The van der Waals surface area contributed by atoms with Gasteiger partial charge in [-0.3, -0.25) is 0 Å². The molecule has 0 saturated heterocycles. The van der Waals surface area contributed by atoms with Crippen molar-refractivity contribution in [2.24, 2.45) is 0 Å². The Labute approximate surface area is 184 Å². The molecule has 2 heteroatoms. The quantitative estimate of drug-likeness (QED) is 0.179. The van der Waals surface area contributed by atoms with Crippen LogP contribution in [-0.4, -0.2) is 0 Å². The zero-order valence-corrected chi connectivity index (χ0v) is 18.8. The fraction of sp³-hybridized carbons (Fsp3) is 0.0769. The van der Waals surface area contributed by atoms with Crippen molar-refractivity contribution in [3.05, 3.63) is 108 Å². The molecule has 5 aromatic carbocycles. The molecule has 0 aromatic heterocycles. The van der Waals surface area contributed by atoms with E-state index in [1.165, 1.54) is 43.3 Å². The Balaban J connectivity index is 0.000000175. The summed E-state index contributed by atoms with van der Waals surface area (Å²) in [5, 5.41) is 8.27. The van der Waals surface area contributed by atoms with Crippen molar-refractivity contribution >= 4 is 40.7 Å². The van der Waals surface area contributed by atoms with Crippen molar-refractivity contribution in [1.29, 1.82) is 0 Å². The van der Waals surface area contributed by atoms with E-state index in [1.807, 2.05) is 0 Å². The van der Waals surface area contributed by atoms with Crippen molar-refractivity contribution < 1.29 is 21.7 Å². The maximum atomic E-state index is 2.31. The third kappa shape index (κ3) is 4.89. The minimum atomic E-state index is 0. The summed E-state index contributed by atoms with van der Waals surface area (Å²) in [6, 6.07) is 34.6. The van der Waals surface area contributed by atoms with E-state index in [9.17, 15) is 0 Å². The second kappa shape index (κ2) is 9.48. The van der Waals surface area contributed by atoms with Gasteiger partial charge in [0.2, 0.25) is 0 Å². The normalized spacial score (nSPS) is 10.8. The van der Waals surface area contributed by atoms with Crippen molar-refractivity contribution in [3.63, 3.8) is 0 Å². The molecular formula is C26H23PTi. The van der Waals surface area contributed by atoms with Crippen LogP contribution in [0.5, 0.6) is 0 Å². The standard InChI is InChI=1S/C16H14P.C10H9.Ti/c1-12-6-2-5-9-16(12)17-15-10-13-7-3-4-8-14(13)11-15;1-8-6-9-4-2-3-5-10(9)7-8;/h2-11,17H,1H3;2-7H,1H3;/q2*-1;+2. The minimum absolute atomic E-state index is 0. The third-order valence-electron chi connectivity index (χ3n) is 4.80. The molecule has 136 valence electrons. The molecule has 0 spiro atoms. The SMILES string of the molecule is Cc1cc2ccccc2[cH-]1.Cc1ccccc1Pc1cc2ccccc2[cH-]1.[Ti+2]. The second-order valence-electron chi connectivity index (χ2n) is 6.97. The fourth-order valence-corrected chi connectivity index (χ4v) is 4.62. The molecule has 0 nitrogen and oxygen atoms in total. The Morgan fingerprint density at radius 3 is 1.86 bits per heavy atom. The topological polar surface area (TPSA) is 0 Å². The maximum Gasteiger partial charge on any atom is 2.00 e. The fourth-order valence-electron chi connectivity index (χ4n) is 3.40. The first kappa shape index (κ1) is 20.8. The summed E-state index contributed by atoms with van der Waals surface area (Å²) >= 11 is 0. The van der Waals surface area contributed by atoms with Crippen LogP contribution in [0.15, 0.2) is 97.1 Å². The minimum Gasteiger partial charge on any atom is -0.165 e. The van der Waals surface area contributed by atoms with E-state index in [0.717, 1.165) is 8.58 Å². The first-order chi connectivity index (χ1) is 13.2. The summed E-state index contributed by atoms with van der Waals surface area (Å²) in [6.45, 7) is 4.31. The molecule has 0 radical (unpaired) electrons. The molecular weight excluding hydrogens is 391 g/mol. The summed E-state index contributed by atoms with van der Waals surface area (Å²) in [5.41, 5.74) is 2.73. The van der Waals surface area contributed by atoms with E-state index in [1.54, 1.807) is 0 Å². The molecule has 0 amide bonds. The number of fused-ring (bicyclic) bond motifs is 2. The number of rotatable bonds is 2. The van der Waals surface area contributed by atoms with E-state index in [4.69, 9.17) is 0 Å². The van der Waals surface area contributed by atoms with Crippen LogP contribution in [0.25, 0.3) is 21.5 Å². The Bertz CT molecular complexity index is 1110. The van der Waals surface area contributed by atoms with Crippen molar-refractivity contribution in [3.8, 4) is 0 Å². The van der Waals surface area contributed by atoms with Crippen LogP contribution in [-0.2, 0) is 21.7 Å². The van der Waals surface area contributed by atoms with Crippen LogP contribution >= 0.6 is 8.58 Å². The maximum absolute atomic E-state index is 2.31. The summed E-state index contributed by atoms with van der Waals surface area (Å²) in [6.07, 6.45) is 0. The largest absolute Gasteiger partial charge is 2.00 e. The van der Waals surface area contributed by atoms with Gasteiger partial charge < -0.3 is 0 Å². The van der Waals surface area contributed by atoms with Gasteiger partial charge >= 0.3 is 21.7 Å². The van der Waals surface area contributed by atoms with Crippen molar-refractivity contribution in [1.82, 2.24) is 0 Å². The van der Waals surface area contributed by atoms with Crippen molar-refractivity contribution in [2.45, 2.75) is 13.8 Å². The van der Waals surface area contributed by atoms with Crippen LogP contribution < -0.4 is 10.6 Å². The first-order valence-electron chi connectivity index (χ1n) is 9.29. The molecule has 0 saturated carbocycles. The van der Waals surface area contributed by atoms with E-state index in [0.29, 0.717) is 0 Å². The summed E-state index contributed by atoms with van der Waals surface area (Å²) < 4.78 is 0. The molecule has 1 atom stereocenters. The monoisotopic (exact) mass is 414 g/mol. The van der Waals surface area contributed by atoms with Gasteiger partial charge in [-0.1, -0.05) is 51.9 Å². The van der Waals surface area contributed by atoms with E-state index in [2.05, 4.69) is 111 Å². The molecule has 0 fully saturated rings. The molecule has 0 bridgehead atoms. The van der Waals surface area contributed by atoms with Crippen LogP contribution in [0.2, 0.25) is 0 Å². The van der Waals surface area contributed by atoms with Crippen molar-refractivity contribution in [2.75, 3.05) is 0 Å². The molecule has 1 unspecified atom stereocenters. The van der Waals surface area contributed by atoms with Crippen LogP contribution in [0.1, 0.15) is 11.1 Å². The first-order valence-corrected chi connectivity index (χ1v) is 10.3. The van der Waals surface area contributed by atoms with Gasteiger partial charge in [0.05, 0.1) is 0 Å². The van der Waals surface area contributed by atoms with Gasteiger partial charge in [0.15, 0.2) is 0 Å². The molecule has 0 aliphatic rings. The van der Waals surface area contributed by atoms with Crippen LogP contribution in [0.3, 0.4) is 0 Å². The smallest absolute Gasteiger partial charge is 0.165 e. The van der Waals surface area contributed by atoms with E-state index < -0.39 is 0 Å². The Morgan fingerprint density at radius 2 is 1.21 bits per heavy atom. The Morgan fingerprint density at radius 1 is 0.643 bits per heavy atom. The Hall–Kier alpha value is -1.98. The summed E-state index contributed by atoms with van der Waals surface area (Å²) in [5.74, 6) is 0. The Kier molecular flexibility index (Phi) is 7.03. The van der Waals surface area contributed by atoms with Gasteiger partial charge in [-0.2, -0.15) is 12.1 Å². The average molecular weight is 414 g/mol. The molecule has 0 aliphatic carbocycles. The van der Waals surface area contributed by atoms with Gasteiger partial charge in [-0.25, -0.2) is 0 Å². The number of hydrogen-bond acceptors (Lipinski definition) is 0. The average Bonchev–Trinajstić information content (AvgIpc) is 3.25. The molecule has 5 aromatic rings. The van der Waals surface area contributed by atoms with E-state index in [-0.39, 0.29) is 21.7 Å². The number of benzene rings is 3. The van der Waals surface area contributed by atoms with Gasteiger partial charge in [-0.15, -0.1) is 80.9 Å². The summed E-state index contributed by atoms with van der Waals surface area (Å²) in [7, 11) is 0.759. The van der Waals surface area contributed by atoms with Gasteiger partial charge in [-0.05, 0) is 17.8 Å². The van der Waals surface area contributed by atoms with Gasteiger partial charge in [0, 0.05) is 0 Å². The van der Waals surface area contributed by atoms with Crippen LogP contribution in [0, 0.1) is 13.8 Å². The summed E-state index contributed by atoms with van der Waals surface area (Å²) in [4.78, 5) is 0. The zero-order valence-electron chi connectivity index (χ0n) is 16.2. The molecule has 28 heavy (non-hydrogen) atoms. The molecule has 0 heterocycles. The molecule has 0 N–H and O–H groups in total. The zero-order chi connectivity index (χ0) is 18.6. The second-order valence-corrected chi connectivity index (χ2v) is 8.34.